The number of nitrogens with one attached hydrogen (secondary N) is 1. The van der Waals surface area contributed by atoms with Gasteiger partial charge in [-0.25, -0.2) is 4.79 Å². The number of rotatable bonds is 4. The molecule has 2 aromatic rings. The highest BCUT2D eigenvalue weighted by Crippen LogP contribution is 2.35. The summed E-state index contributed by atoms with van der Waals surface area (Å²) in [5.74, 6) is 0.796. The zero-order valence-electron chi connectivity index (χ0n) is 18.3. The van der Waals surface area contributed by atoms with Gasteiger partial charge in [-0.3, -0.25) is 9.69 Å². The molecule has 1 fully saturated rings. The number of amides is 3. The molecule has 0 aromatic heterocycles. The molecule has 2 aliphatic rings. The van der Waals surface area contributed by atoms with Crippen LogP contribution in [-0.4, -0.2) is 42.6 Å². The average Bonchev–Trinajstić information content (AvgIpc) is 2.81. The molecule has 0 unspecified atom stereocenters. The number of ether oxygens (including phenoxy) is 1. The number of carbonyl (C=O) groups is 2. The van der Waals surface area contributed by atoms with Gasteiger partial charge in [-0.05, 0) is 43.9 Å². The summed E-state index contributed by atoms with van der Waals surface area (Å²) in [4.78, 5) is 29.6. The standard InChI is InChI=1S/C25H31N3O3/c1-3-21-17-28(22-9-4-5-10-23(22)31-21)25(30)27-13-11-20(12-14-27)24(29)26-16-19-8-6-7-18(2)15-19/h4-10,15,20-21H,3,11-14,16-17H2,1-2H3,(H,26,29)/t21-/m0/s1. The first kappa shape index (κ1) is 21.2. The number of likely N-dealkylation sites (tertiary alicyclic amines) is 1. The van der Waals surface area contributed by atoms with E-state index in [0.29, 0.717) is 39.0 Å². The summed E-state index contributed by atoms with van der Waals surface area (Å²) < 4.78 is 6.00. The van der Waals surface area contributed by atoms with Crippen LogP contribution in [0.3, 0.4) is 0 Å². The second kappa shape index (κ2) is 9.41. The number of benzene rings is 2. The van der Waals surface area contributed by atoms with Gasteiger partial charge in [0, 0.05) is 25.6 Å². The van der Waals surface area contributed by atoms with E-state index < -0.39 is 0 Å². The van der Waals surface area contributed by atoms with Crippen LogP contribution in [0.25, 0.3) is 0 Å². The van der Waals surface area contributed by atoms with Crippen molar-refractivity contribution in [3.8, 4) is 5.75 Å². The number of anilines is 1. The predicted molar refractivity (Wildman–Crippen MR) is 121 cm³/mol. The second-order valence-electron chi connectivity index (χ2n) is 8.48. The lowest BCUT2D eigenvalue weighted by molar-refractivity contribution is -0.126. The van der Waals surface area contributed by atoms with Gasteiger partial charge in [-0.15, -0.1) is 0 Å². The molecule has 31 heavy (non-hydrogen) atoms. The Hall–Kier alpha value is -3.02. The number of fused-ring (bicyclic) bond motifs is 1. The Kier molecular flexibility index (Phi) is 6.44. The number of urea groups is 1. The maximum atomic E-state index is 13.3. The first-order valence-corrected chi connectivity index (χ1v) is 11.2. The molecule has 1 N–H and O–H groups in total. The maximum absolute atomic E-state index is 13.3. The minimum Gasteiger partial charge on any atom is -0.486 e. The van der Waals surface area contributed by atoms with Crippen LogP contribution in [0.1, 0.15) is 37.3 Å². The van der Waals surface area contributed by atoms with Gasteiger partial charge >= 0.3 is 6.03 Å². The van der Waals surface area contributed by atoms with E-state index in [1.54, 1.807) is 0 Å². The van der Waals surface area contributed by atoms with Crippen molar-refractivity contribution < 1.29 is 14.3 Å². The molecule has 6 heteroatoms. The SMILES string of the molecule is CC[C@H]1CN(C(=O)N2CCC(C(=O)NCc3cccc(C)c3)CC2)c2ccccc2O1. The van der Waals surface area contributed by atoms with Crippen molar-refractivity contribution in [3.05, 3.63) is 59.7 Å². The Morgan fingerprint density at radius 2 is 1.87 bits per heavy atom. The van der Waals surface area contributed by atoms with Gasteiger partial charge in [0.15, 0.2) is 0 Å². The summed E-state index contributed by atoms with van der Waals surface area (Å²) in [6.07, 6.45) is 2.23. The van der Waals surface area contributed by atoms with Crippen LogP contribution < -0.4 is 15.0 Å². The fourth-order valence-corrected chi connectivity index (χ4v) is 4.35. The van der Waals surface area contributed by atoms with E-state index >= 15 is 0 Å². The highest BCUT2D eigenvalue weighted by molar-refractivity contribution is 5.94. The minimum atomic E-state index is -0.0470. The van der Waals surface area contributed by atoms with Crippen LogP contribution in [0.15, 0.2) is 48.5 Å². The van der Waals surface area contributed by atoms with Gasteiger partial charge in [-0.2, -0.15) is 0 Å². The maximum Gasteiger partial charge on any atom is 0.324 e. The molecule has 2 aliphatic heterocycles. The smallest absolute Gasteiger partial charge is 0.324 e. The van der Waals surface area contributed by atoms with E-state index in [1.807, 2.05) is 59.2 Å². The Balaban J connectivity index is 1.33. The van der Waals surface area contributed by atoms with Crippen molar-refractivity contribution in [2.45, 2.75) is 45.8 Å². The molecule has 6 nitrogen and oxygen atoms in total. The number of carbonyl (C=O) groups excluding carboxylic acids is 2. The fraction of sp³-hybridized carbons (Fsp3) is 0.440. The fourth-order valence-electron chi connectivity index (χ4n) is 4.35. The normalized spacial score (nSPS) is 18.8. The van der Waals surface area contributed by atoms with E-state index in [0.717, 1.165) is 23.4 Å². The first-order valence-electron chi connectivity index (χ1n) is 11.2. The largest absolute Gasteiger partial charge is 0.486 e. The van der Waals surface area contributed by atoms with Gasteiger partial charge in [-0.1, -0.05) is 48.9 Å². The molecule has 2 aromatic carbocycles. The zero-order valence-corrected chi connectivity index (χ0v) is 18.3. The van der Waals surface area contributed by atoms with Crippen LogP contribution in [-0.2, 0) is 11.3 Å². The average molecular weight is 422 g/mol. The second-order valence-corrected chi connectivity index (χ2v) is 8.48. The molecule has 0 bridgehead atoms. The van der Waals surface area contributed by atoms with Gasteiger partial charge in [0.25, 0.3) is 0 Å². The first-order chi connectivity index (χ1) is 15.0. The van der Waals surface area contributed by atoms with Gasteiger partial charge in [0.05, 0.1) is 12.2 Å². The van der Waals surface area contributed by atoms with Crippen molar-refractivity contribution in [3.63, 3.8) is 0 Å². The molecule has 0 saturated carbocycles. The molecule has 164 valence electrons. The molecule has 2 heterocycles. The molecular formula is C25H31N3O3. The number of para-hydroxylation sites is 2. The highest BCUT2D eigenvalue weighted by atomic mass is 16.5. The van der Waals surface area contributed by atoms with Gasteiger partial charge in [0.1, 0.15) is 11.9 Å². The number of piperidine rings is 1. The van der Waals surface area contributed by atoms with Crippen molar-refractivity contribution in [2.75, 3.05) is 24.5 Å². The van der Waals surface area contributed by atoms with Gasteiger partial charge < -0.3 is 15.0 Å². The van der Waals surface area contributed by atoms with Crippen LogP contribution in [0.5, 0.6) is 5.75 Å². The van der Waals surface area contributed by atoms with Crippen molar-refractivity contribution in [2.24, 2.45) is 5.92 Å². The topological polar surface area (TPSA) is 61.9 Å². The molecule has 1 atom stereocenters. The summed E-state index contributed by atoms with van der Waals surface area (Å²) >= 11 is 0. The molecule has 3 amide bonds. The molecule has 0 spiro atoms. The number of hydrogen-bond donors (Lipinski definition) is 1. The summed E-state index contributed by atoms with van der Waals surface area (Å²) in [7, 11) is 0. The number of aryl methyl sites for hydroxylation is 1. The lowest BCUT2D eigenvalue weighted by Gasteiger charge is -2.39. The quantitative estimate of drug-likeness (QED) is 0.808. The molecule has 1 saturated heterocycles. The van der Waals surface area contributed by atoms with Crippen LogP contribution >= 0.6 is 0 Å². The Bertz CT molecular complexity index is 937. The van der Waals surface area contributed by atoms with Crippen molar-refractivity contribution in [1.82, 2.24) is 10.2 Å². The predicted octanol–water partition coefficient (Wildman–Crippen LogP) is 4.12. The summed E-state index contributed by atoms with van der Waals surface area (Å²) in [6.45, 7) is 6.41. The summed E-state index contributed by atoms with van der Waals surface area (Å²) in [6, 6.07) is 15.9. The third-order valence-corrected chi connectivity index (χ3v) is 6.21. The number of hydrogen-bond acceptors (Lipinski definition) is 3. The van der Waals surface area contributed by atoms with Crippen molar-refractivity contribution in [1.29, 1.82) is 0 Å². The lowest BCUT2D eigenvalue weighted by atomic mass is 9.96. The Morgan fingerprint density at radius 1 is 1.10 bits per heavy atom. The number of nitrogens with zero attached hydrogens (tertiary/aromatic N) is 2. The van der Waals surface area contributed by atoms with Crippen LogP contribution in [0.4, 0.5) is 10.5 Å². The molecule has 0 aliphatic carbocycles. The monoisotopic (exact) mass is 421 g/mol. The van der Waals surface area contributed by atoms with Crippen molar-refractivity contribution >= 4 is 17.6 Å². The van der Waals surface area contributed by atoms with E-state index in [4.69, 9.17) is 4.74 Å². The Labute approximate surface area is 184 Å². The van der Waals surface area contributed by atoms with Gasteiger partial charge in [0.2, 0.25) is 5.91 Å². The minimum absolute atomic E-state index is 0.00351. The molecule has 0 radical (unpaired) electrons. The summed E-state index contributed by atoms with van der Waals surface area (Å²) in [5.41, 5.74) is 3.13. The third-order valence-electron chi connectivity index (χ3n) is 6.21. The van der Waals surface area contributed by atoms with Crippen LogP contribution in [0, 0.1) is 12.8 Å². The van der Waals surface area contributed by atoms with E-state index in [9.17, 15) is 9.59 Å². The lowest BCUT2D eigenvalue weighted by Crippen LogP contribution is -2.52. The third kappa shape index (κ3) is 4.84. The molecular weight excluding hydrogens is 390 g/mol. The van der Waals surface area contributed by atoms with E-state index in [2.05, 4.69) is 18.3 Å². The zero-order chi connectivity index (χ0) is 21.8. The summed E-state index contributed by atoms with van der Waals surface area (Å²) in [5, 5.41) is 3.06. The Morgan fingerprint density at radius 3 is 2.61 bits per heavy atom. The van der Waals surface area contributed by atoms with E-state index in [-0.39, 0.29) is 24.0 Å². The highest BCUT2D eigenvalue weighted by Gasteiger charge is 2.34. The van der Waals surface area contributed by atoms with E-state index in [1.165, 1.54) is 5.56 Å². The molecule has 4 rings (SSSR count). The van der Waals surface area contributed by atoms with Crippen LogP contribution in [0.2, 0.25) is 0 Å².